The summed E-state index contributed by atoms with van der Waals surface area (Å²) in [5, 5.41) is 0. The SMILES string of the molecule is CN(CS)CCc1cc(Br)ccc1F. The summed E-state index contributed by atoms with van der Waals surface area (Å²) >= 11 is 7.46. The van der Waals surface area contributed by atoms with Crippen LogP contribution in [0.4, 0.5) is 4.39 Å². The molecule has 78 valence electrons. The first-order valence-corrected chi connectivity index (χ1v) is 5.79. The minimum absolute atomic E-state index is 0.138. The molecule has 0 spiro atoms. The van der Waals surface area contributed by atoms with Crippen LogP contribution in [0.3, 0.4) is 0 Å². The van der Waals surface area contributed by atoms with Crippen molar-refractivity contribution in [3.8, 4) is 0 Å². The molecular weight excluding hydrogens is 265 g/mol. The molecule has 4 heteroatoms. The number of hydrogen-bond donors (Lipinski definition) is 1. The van der Waals surface area contributed by atoms with E-state index in [4.69, 9.17) is 0 Å². The molecule has 0 aliphatic rings. The minimum Gasteiger partial charge on any atom is -0.297 e. The quantitative estimate of drug-likeness (QED) is 0.654. The normalized spacial score (nSPS) is 10.9. The van der Waals surface area contributed by atoms with E-state index < -0.39 is 0 Å². The van der Waals surface area contributed by atoms with Gasteiger partial charge < -0.3 is 0 Å². The van der Waals surface area contributed by atoms with E-state index in [0.29, 0.717) is 12.3 Å². The molecule has 0 saturated carbocycles. The van der Waals surface area contributed by atoms with Crippen LogP contribution in [0.2, 0.25) is 0 Å². The second-order valence-corrected chi connectivity index (χ2v) is 4.41. The summed E-state index contributed by atoms with van der Waals surface area (Å²) in [6.07, 6.45) is 0.711. The first kappa shape index (κ1) is 12.0. The molecule has 0 saturated heterocycles. The van der Waals surface area contributed by atoms with Gasteiger partial charge in [0, 0.05) is 16.9 Å². The van der Waals surface area contributed by atoms with Crippen LogP contribution >= 0.6 is 28.6 Å². The average molecular weight is 278 g/mol. The van der Waals surface area contributed by atoms with Crippen molar-refractivity contribution >= 4 is 28.6 Å². The summed E-state index contributed by atoms with van der Waals surface area (Å²) in [6.45, 7) is 0.816. The zero-order chi connectivity index (χ0) is 10.6. The number of likely N-dealkylation sites (N-methyl/N-ethyl adjacent to an activating group) is 1. The predicted octanol–water partition coefficient (Wildman–Crippen LogP) is 2.95. The lowest BCUT2D eigenvalue weighted by Crippen LogP contribution is -2.19. The van der Waals surface area contributed by atoms with Gasteiger partial charge >= 0.3 is 0 Å². The first-order chi connectivity index (χ1) is 6.63. The van der Waals surface area contributed by atoms with Crippen LogP contribution in [0.15, 0.2) is 22.7 Å². The largest absolute Gasteiger partial charge is 0.297 e. The number of nitrogens with zero attached hydrogens (tertiary/aromatic N) is 1. The van der Waals surface area contributed by atoms with Crippen LogP contribution in [-0.4, -0.2) is 24.4 Å². The molecule has 1 nitrogen and oxygen atoms in total. The molecule has 0 aliphatic heterocycles. The molecule has 0 N–H and O–H groups in total. The minimum atomic E-state index is -0.138. The zero-order valence-corrected chi connectivity index (χ0v) is 10.5. The Balaban J connectivity index is 2.62. The highest BCUT2D eigenvalue weighted by atomic mass is 79.9. The molecule has 0 bridgehead atoms. The van der Waals surface area contributed by atoms with Crippen molar-refractivity contribution < 1.29 is 4.39 Å². The maximum absolute atomic E-state index is 13.3. The molecule has 14 heavy (non-hydrogen) atoms. The summed E-state index contributed by atoms with van der Waals surface area (Å²) in [5.74, 6) is 0.552. The maximum Gasteiger partial charge on any atom is 0.126 e. The molecule has 0 aromatic heterocycles. The third-order valence-electron chi connectivity index (χ3n) is 2.01. The van der Waals surface area contributed by atoms with Crippen LogP contribution in [0.25, 0.3) is 0 Å². The van der Waals surface area contributed by atoms with Gasteiger partial charge in [-0.25, -0.2) is 4.39 Å². The van der Waals surface area contributed by atoms with Crippen LogP contribution in [0.1, 0.15) is 5.56 Å². The topological polar surface area (TPSA) is 3.24 Å². The smallest absolute Gasteiger partial charge is 0.126 e. The van der Waals surface area contributed by atoms with E-state index in [1.54, 1.807) is 6.07 Å². The summed E-state index contributed by atoms with van der Waals surface area (Å²) in [5.41, 5.74) is 0.744. The third-order valence-corrected chi connectivity index (χ3v) is 2.99. The van der Waals surface area contributed by atoms with Gasteiger partial charge in [-0.05, 0) is 37.2 Å². The molecule has 0 aliphatic carbocycles. The van der Waals surface area contributed by atoms with E-state index >= 15 is 0 Å². The van der Waals surface area contributed by atoms with Gasteiger partial charge in [-0.2, -0.15) is 12.6 Å². The molecule has 0 unspecified atom stereocenters. The highest BCUT2D eigenvalue weighted by molar-refractivity contribution is 9.10. The third kappa shape index (κ3) is 3.59. The van der Waals surface area contributed by atoms with Crippen LogP contribution in [0.5, 0.6) is 0 Å². The van der Waals surface area contributed by atoms with Crippen LogP contribution in [0, 0.1) is 5.82 Å². The Morgan fingerprint density at radius 3 is 2.86 bits per heavy atom. The summed E-state index contributed by atoms with van der Waals surface area (Å²) in [6, 6.07) is 5.02. The van der Waals surface area contributed by atoms with Crippen LogP contribution in [-0.2, 0) is 6.42 Å². The van der Waals surface area contributed by atoms with Gasteiger partial charge in [0.1, 0.15) is 5.82 Å². The van der Waals surface area contributed by atoms with E-state index in [9.17, 15) is 4.39 Å². The fraction of sp³-hybridized carbons (Fsp3) is 0.400. The Bertz CT molecular complexity index is 306. The summed E-state index contributed by atoms with van der Waals surface area (Å²) in [7, 11) is 1.96. The molecule has 1 aromatic rings. The number of rotatable bonds is 4. The Kier molecular flexibility index (Phi) is 4.92. The van der Waals surface area contributed by atoms with Crippen molar-refractivity contribution in [2.75, 3.05) is 19.5 Å². The molecule has 1 aromatic carbocycles. The first-order valence-electron chi connectivity index (χ1n) is 4.37. The lowest BCUT2D eigenvalue weighted by molar-refractivity contribution is 0.396. The van der Waals surface area contributed by atoms with Crippen molar-refractivity contribution in [2.24, 2.45) is 0 Å². The van der Waals surface area contributed by atoms with Gasteiger partial charge in [0.2, 0.25) is 0 Å². The summed E-state index contributed by atoms with van der Waals surface area (Å²) in [4.78, 5) is 2.03. The number of hydrogen-bond acceptors (Lipinski definition) is 2. The van der Waals surface area contributed by atoms with Gasteiger partial charge in [-0.1, -0.05) is 15.9 Å². The van der Waals surface area contributed by atoms with E-state index in [2.05, 4.69) is 28.6 Å². The number of benzene rings is 1. The van der Waals surface area contributed by atoms with Crippen molar-refractivity contribution in [3.63, 3.8) is 0 Å². The van der Waals surface area contributed by atoms with E-state index in [-0.39, 0.29) is 5.82 Å². The number of halogens is 2. The molecule has 0 heterocycles. The van der Waals surface area contributed by atoms with Crippen molar-refractivity contribution in [1.29, 1.82) is 0 Å². The number of thiol groups is 1. The second-order valence-electron chi connectivity index (χ2n) is 3.21. The maximum atomic E-state index is 13.3. The summed E-state index contributed by atoms with van der Waals surface area (Å²) < 4.78 is 14.2. The fourth-order valence-corrected chi connectivity index (χ4v) is 1.67. The lowest BCUT2D eigenvalue weighted by Gasteiger charge is -2.13. The molecular formula is C10H13BrFNS. The highest BCUT2D eigenvalue weighted by Crippen LogP contribution is 2.16. The van der Waals surface area contributed by atoms with Gasteiger partial charge in [-0.3, -0.25) is 4.90 Å². The second kappa shape index (κ2) is 5.73. The molecule has 1 rings (SSSR count). The van der Waals surface area contributed by atoms with E-state index in [1.165, 1.54) is 6.07 Å². The Morgan fingerprint density at radius 1 is 1.50 bits per heavy atom. The molecule has 0 fully saturated rings. The standard InChI is InChI=1S/C10H13BrFNS/c1-13(7-14)5-4-8-6-9(11)2-3-10(8)12/h2-3,6,14H,4-5,7H2,1H3. The van der Waals surface area contributed by atoms with Crippen molar-refractivity contribution in [3.05, 3.63) is 34.1 Å². The average Bonchev–Trinajstić information content (AvgIpc) is 2.19. The van der Waals surface area contributed by atoms with E-state index in [1.807, 2.05) is 18.0 Å². The highest BCUT2D eigenvalue weighted by Gasteiger charge is 2.03. The van der Waals surface area contributed by atoms with Gasteiger partial charge in [0.25, 0.3) is 0 Å². The van der Waals surface area contributed by atoms with E-state index in [0.717, 1.165) is 16.6 Å². The molecule has 0 amide bonds. The monoisotopic (exact) mass is 277 g/mol. The Hall–Kier alpha value is -0.0600. The predicted molar refractivity (Wildman–Crippen MR) is 64.3 cm³/mol. The molecule has 0 radical (unpaired) electrons. The Labute approximate surface area is 97.8 Å². The van der Waals surface area contributed by atoms with Crippen molar-refractivity contribution in [1.82, 2.24) is 4.90 Å². The van der Waals surface area contributed by atoms with Crippen molar-refractivity contribution in [2.45, 2.75) is 6.42 Å². The van der Waals surface area contributed by atoms with Gasteiger partial charge in [0.15, 0.2) is 0 Å². The Morgan fingerprint density at radius 2 is 2.21 bits per heavy atom. The fourth-order valence-electron chi connectivity index (χ4n) is 1.12. The zero-order valence-electron chi connectivity index (χ0n) is 8.00. The van der Waals surface area contributed by atoms with Crippen LogP contribution < -0.4 is 0 Å². The molecule has 0 atom stereocenters. The lowest BCUT2D eigenvalue weighted by atomic mass is 10.1. The van der Waals surface area contributed by atoms with Gasteiger partial charge in [-0.15, -0.1) is 0 Å². The van der Waals surface area contributed by atoms with Gasteiger partial charge in [0.05, 0.1) is 0 Å².